The van der Waals surface area contributed by atoms with Gasteiger partial charge in [-0.3, -0.25) is 4.79 Å². The largest absolute Gasteiger partial charge is 0.466 e. The molecule has 0 radical (unpaired) electrons. The number of carbonyl (C=O) groups is 3. The van der Waals surface area contributed by atoms with Crippen molar-refractivity contribution in [1.82, 2.24) is 15.1 Å². The van der Waals surface area contributed by atoms with Gasteiger partial charge in [0.05, 0.1) is 31.1 Å². The predicted octanol–water partition coefficient (Wildman–Crippen LogP) is 2.03. The number of dihydropyridines is 1. The SMILES string of the molecule is COC(=O)C1=C(C)NC(C)=C(C(=O)OC)C1C(=O)OCc1ccn(-c2ccccc2)n1. The van der Waals surface area contributed by atoms with Crippen LogP contribution in [0.2, 0.25) is 0 Å². The summed E-state index contributed by atoms with van der Waals surface area (Å²) < 4.78 is 16.7. The van der Waals surface area contributed by atoms with E-state index in [1.165, 1.54) is 14.2 Å². The van der Waals surface area contributed by atoms with E-state index >= 15 is 0 Å². The number of nitrogens with zero attached hydrogens (tertiary/aromatic N) is 2. The highest BCUT2D eigenvalue weighted by Crippen LogP contribution is 2.32. The number of nitrogens with one attached hydrogen (secondary N) is 1. The summed E-state index contributed by atoms with van der Waals surface area (Å²) in [6, 6.07) is 11.2. The molecule has 2 heterocycles. The van der Waals surface area contributed by atoms with E-state index in [2.05, 4.69) is 10.4 Å². The van der Waals surface area contributed by atoms with Crippen LogP contribution in [-0.4, -0.2) is 41.9 Å². The van der Waals surface area contributed by atoms with Crippen molar-refractivity contribution in [1.29, 1.82) is 0 Å². The summed E-state index contributed by atoms with van der Waals surface area (Å²) in [5.74, 6) is -3.55. The molecule has 0 fully saturated rings. The molecule has 0 aliphatic carbocycles. The molecule has 0 spiro atoms. The molecule has 0 unspecified atom stereocenters. The van der Waals surface area contributed by atoms with Crippen molar-refractivity contribution in [3.8, 4) is 5.69 Å². The molecule has 9 nitrogen and oxygen atoms in total. The molecule has 162 valence electrons. The van der Waals surface area contributed by atoms with Gasteiger partial charge in [0, 0.05) is 17.6 Å². The van der Waals surface area contributed by atoms with Crippen molar-refractivity contribution in [2.75, 3.05) is 14.2 Å². The highest BCUT2D eigenvalue weighted by Gasteiger charge is 2.42. The van der Waals surface area contributed by atoms with Gasteiger partial charge in [0.25, 0.3) is 0 Å². The lowest BCUT2D eigenvalue weighted by atomic mass is 9.85. The Kier molecular flexibility index (Phi) is 6.54. The zero-order valence-corrected chi connectivity index (χ0v) is 17.7. The molecule has 1 aromatic carbocycles. The Morgan fingerprint density at radius 1 is 0.968 bits per heavy atom. The Labute approximate surface area is 179 Å². The van der Waals surface area contributed by atoms with Crippen molar-refractivity contribution in [3.05, 3.63) is 70.8 Å². The number of benzene rings is 1. The Morgan fingerprint density at radius 2 is 1.55 bits per heavy atom. The molecule has 31 heavy (non-hydrogen) atoms. The van der Waals surface area contributed by atoms with Crippen LogP contribution in [0, 0.1) is 5.92 Å². The predicted molar refractivity (Wildman–Crippen MR) is 109 cm³/mol. The van der Waals surface area contributed by atoms with Gasteiger partial charge in [0.15, 0.2) is 0 Å². The third-order valence-corrected chi connectivity index (χ3v) is 4.83. The summed E-state index contributed by atoms with van der Waals surface area (Å²) in [5.41, 5.74) is 2.14. The van der Waals surface area contributed by atoms with Crippen LogP contribution in [-0.2, 0) is 35.2 Å². The summed E-state index contributed by atoms with van der Waals surface area (Å²) in [6.45, 7) is 3.10. The molecule has 0 atom stereocenters. The first kappa shape index (κ1) is 21.8. The maximum atomic E-state index is 13.0. The number of rotatable bonds is 6. The van der Waals surface area contributed by atoms with Crippen LogP contribution in [0.5, 0.6) is 0 Å². The zero-order chi connectivity index (χ0) is 22.5. The fourth-order valence-electron chi connectivity index (χ4n) is 3.38. The summed E-state index contributed by atoms with van der Waals surface area (Å²) in [7, 11) is 2.40. The number of esters is 3. The van der Waals surface area contributed by atoms with Gasteiger partial charge in [0.1, 0.15) is 18.2 Å². The Morgan fingerprint density at radius 3 is 2.10 bits per heavy atom. The van der Waals surface area contributed by atoms with E-state index in [4.69, 9.17) is 14.2 Å². The van der Waals surface area contributed by atoms with Gasteiger partial charge in [-0.1, -0.05) is 18.2 Å². The van der Waals surface area contributed by atoms with E-state index in [9.17, 15) is 14.4 Å². The Balaban J connectivity index is 1.84. The molecule has 0 bridgehead atoms. The number of allylic oxidation sites excluding steroid dienone is 2. The fourth-order valence-corrected chi connectivity index (χ4v) is 3.38. The minimum atomic E-state index is -1.28. The third kappa shape index (κ3) is 4.50. The first-order chi connectivity index (χ1) is 14.9. The topological polar surface area (TPSA) is 109 Å². The minimum Gasteiger partial charge on any atom is -0.466 e. The van der Waals surface area contributed by atoms with Crippen molar-refractivity contribution in [2.24, 2.45) is 5.92 Å². The van der Waals surface area contributed by atoms with Crippen LogP contribution in [0.4, 0.5) is 0 Å². The minimum absolute atomic E-state index is 0.00619. The molecule has 9 heteroatoms. The van der Waals surface area contributed by atoms with Crippen LogP contribution in [0.3, 0.4) is 0 Å². The maximum absolute atomic E-state index is 13.0. The van der Waals surface area contributed by atoms with E-state index in [1.807, 2.05) is 30.3 Å². The highest BCUT2D eigenvalue weighted by atomic mass is 16.5. The Hall–Kier alpha value is -3.88. The number of para-hydroxylation sites is 1. The standard InChI is InChI=1S/C22H23N3O6/c1-13-17(20(26)29-3)19(18(14(2)23-13)21(27)30-4)22(28)31-12-15-10-11-25(24-15)16-8-6-5-7-9-16/h5-11,19,23H,12H2,1-4H3. The van der Waals surface area contributed by atoms with Crippen molar-refractivity contribution < 1.29 is 28.6 Å². The second-order valence-corrected chi connectivity index (χ2v) is 6.81. The second-order valence-electron chi connectivity index (χ2n) is 6.81. The van der Waals surface area contributed by atoms with Crippen molar-refractivity contribution in [2.45, 2.75) is 20.5 Å². The first-order valence-electron chi connectivity index (χ1n) is 9.49. The van der Waals surface area contributed by atoms with E-state index in [-0.39, 0.29) is 17.8 Å². The molecule has 0 saturated carbocycles. The number of aromatic nitrogens is 2. The van der Waals surface area contributed by atoms with Gasteiger partial charge in [-0.15, -0.1) is 0 Å². The van der Waals surface area contributed by atoms with E-state index < -0.39 is 23.8 Å². The first-order valence-corrected chi connectivity index (χ1v) is 9.49. The molecule has 1 aliphatic heterocycles. The van der Waals surface area contributed by atoms with Gasteiger partial charge in [-0.25, -0.2) is 14.3 Å². The monoisotopic (exact) mass is 425 g/mol. The average molecular weight is 425 g/mol. The number of ether oxygens (including phenoxy) is 3. The third-order valence-electron chi connectivity index (χ3n) is 4.83. The lowest BCUT2D eigenvalue weighted by Crippen LogP contribution is -2.37. The Bertz CT molecular complexity index is 1030. The molecule has 0 amide bonds. The maximum Gasteiger partial charge on any atom is 0.336 e. The van der Waals surface area contributed by atoms with Crippen molar-refractivity contribution >= 4 is 17.9 Å². The molecular weight excluding hydrogens is 402 g/mol. The smallest absolute Gasteiger partial charge is 0.336 e. The molecular formula is C22H23N3O6. The van der Waals surface area contributed by atoms with Crippen molar-refractivity contribution in [3.63, 3.8) is 0 Å². The van der Waals surface area contributed by atoms with Gasteiger partial charge in [0.2, 0.25) is 0 Å². The van der Waals surface area contributed by atoms with Crippen LogP contribution in [0.1, 0.15) is 19.5 Å². The normalized spacial score (nSPS) is 14.2. The summed E-state index contributed by atoms with van der Waals surface area (Å²) in [6.07, 6.45) is 1.75. The molecule has 1 aliphatic rings. The zero-order valence-electron chi connectivity index (χ0n) is 17.7. The number of carbonyl (C=O) groups excluding carboxylic acids is 3. The molecule has 2 aromatic rings. The van der Waals surface area contributed by atoms with Crippen LogP contribution >= 0.6 is 0 Å². The number of hydrogen-bond acceptors (Lipinski definition) is 8. The molecule has 0 saturated heterocycles. The van der Waals surface area contributed by atoms with E-state index in [0.717, 1.165) is 5.69 Å². The quantitative estimate of drug-likeness (QED) is 0.553. The molecule has 3 rings (SSSR count). The van der Waals surface area contributed by atoms with Gasteiger partial charge in [-0.05, 0) is 32.0 Å². The number of methoxy groups -OCH3 is 2. The fraction of sp³-hybridized carbons (Fsp3) is 0.273. The number of hydrogen-bond donors (Lipinski definition) is 1. The lowest BCUT2D eigenvalue weighted by molar-refractivity contribution is -0.152. The van der Waals surface area contributed by atoms with Gasteiger partial charge in [-0.2, -0.15) is 5.10 Å². The van der Waals surface area contributed by atoms with Gasteiger partial charge >= 0.3 is 17.9 Å². The van der Waals surface area contributed by atoms with E-state index in [0.29, 0.717) is 17.1 Å². The molecule has 1 aromatic heterocycles. The summed E-state index contributed by atoms with van der Waals surface area (Å²) >= 11 is 0. The summed E-state index contributed by atoms with van der Waals surface area (Å²) in [4.78, 5) is 37.8. The van der Waals surface area contributed by atoms with Crippen LogP contribution in [0.15, 0.2) is 65.1 Å². The average Bonchev–Trinajstić information content (AvgIpc) is 3.25. The van der Waals surface area contributed by atoms with E-state index in [1.54, 1.807) is 30.8 Å². The van der Waals surface area contributed by atoms with Crippen LogP contribution in [0.25, 0.3) is 5.69 Å². The summed E-state index contributed by atoms with van der Waals surface area (Å²) in [5, 5.41) is 7.31. The highest BCUT2D eigenvalue weighted by molar-refractivity contribution is 6.05. The van der Waals surface area contributed by atoms with Crippen LogP contribution < -0.4 is 5.32 Å². The molecule has 1 N–H and O–H groups in total. The second kappa shape index (κ2) is 9.29. The van der Waals surface area contributed by atoms with Gasteiger partial charge < -0.3 is 19.5 Å². The lowest BCUT2D eigenvalue weighted by Gasteiger charge is -2.28.